The van der Waals surface area contributed by atoms with Crippen molar-refractivity contribution in [3.05, 3.63) is 80.7 Å². The molecule has 216 valence electrons. The van der Waals surface area contributed by atoms with Crippen LogP contribution in [0.1, 0.15) is 44.6 Å². The molecule has 2 fully saturated rings. The third-order valence-electron chi connectivity index (χ3n) is 8.27. The number of phenolic OH excluding ortho intramolecular Hbond substituents is 1. The molecule has 2 amide bonds. The van der Waals surface area contributed by atoms with Gasteiger partial charge in [-0.15, -0.1) is 0 Å². The molecule has 2 aromatic rings. The van der Waals surface area contributed by atoms with Gasteiger partial charge >= 0.3 is 0 Å². The molecule has 2 aliphatic heterocycles. The zero-order valence-electron chi connectivity index (χ0n) is 23.0. The SMILES string of the molecule is CCC/C(=C\c1ccc(O)c(F)c1)CC[C@H]1OC[C@H]2C1=C(COC)C[C@H]1C(=O)N(c3cccc([N+](=O)[O-])c3)C(=O)[C@H]12. The number of imide groups is 1. The van der Waals surface area contributed by atoms with Crippen LogP contribution in [0.2, 0.25) is 0 Å². The first-order valence-corrected chi connectivity index (χ1v) is 13.9. The average molecular weight is 565 g/mol. The minimum absolute atomic E-state index is 0.188. The number of amides is 2. The van der Waals surface area contributed by atoms with Crippen LogP contribution in [-0.2, 0) is 19.1 Å². The van der Waals surface area contributed by atoms with Crippen LogP contribution in [0, 0.1) is 33.7 Å². The lowest BCUT2D eigenvalue weighted by Crippen LogP contribution is -2.35. The highest BCUT2D eigenvalue weighted by Gasteiger charge is 2.57. The standard InChI is InChI=1S/C31H33FN2O7/c1-3-5-18(12-19-8-10-26(35)25(32)13-19)9-11-27-28-20(16-40-2)14-23-29(24(28)17-41-27)31(37)33(30(23)36)21-6-4-7-22(15-21)34(38)39/h4,6-8,10,12-13,15,23-24,27,29,35H,3,5,9,11,14,16-17H2,1-2H3/b18-12+/t23-,24+,27-,29-/m1/s1. The number of nitrogens with zero attached hydrogens (tertiary/aromatic N) is 2. The monoisotopic (exact) mass is 564 g/mol. The number of ether oxygens (including phenoxy) is 2. The summed E-state index contributed by atoms with van der Waals surface area (Å²) >= 11 is 0. The summed E-state index contributed by atoms with van der Waals surface area (Å²) in [7, 11) is 1.59. The van der Waals surface area contributed by atoms with Gasteiger partial charge in [-0.25, -0.2) is 9.29 Å². The minimum Gasteiger partial charge on any atom is -0.505 e. The van der Waals surface area contributed by atoms with Crippen LogP contribution in [0.5, 0.6) is 5.75 Å². The van der Waals surface area contributed by atoms with Crippen molar-refractivity contribution in [2.75, 3.05) is 25.2 Å². The van der Waals surface area contributed by atoms with Crippen LogP contribution >= 0.6 is 0 Å². The normalized spacial score (nSPS) is 24.2. The molecule has 5 rings (SSSR count). The number of allylic oxidation sites excluding steroid dienone is 1. The average Bonchev–Trinajstić information content (AvgIpc) is 3.48. The molecule has 10 heteroatoms. The van der Waals surface area contributed by atoms with Crippen molar-refractivity contribution < 1.29 is 33.5 Å². The highest BCUT2D eigenvalue weighted by Crippen LogP contribution is 2.50. The summed E-state index contributed by atoms with van der Waals surface area (Å²) in [6, 6.07) is 9.92. The first kappa shape index (κ1) is 28.6. The van der Waals surface area contributed by atoms with Gasteiger partial charge in [0.1, 0.15) is 0 Å². The summed E-state index contributed by atoms with van der Waals surface area (Å²) < 4.78 is 25.7. The number of hydrogen-bond donors (Lipinski definition) is 1. The maximum Gasteiger partial charge on any atom is 0.271 e. The van der Waals surface area contributed by atoms with E-state index in [0.717, 1.165) is 34.5 Å². The number of phenols is 1. The number of non-ortho nitro benzene ring substituents is 1. The fourth-order valence-corrected chi connectivity index (χ4v) is 6.54. The molecule has 1 aliphatic carbocycles. The molecule has 2 heterocycles. The zero-order valence-corrected chi connectivity index (χ0v) is 23.0. The topological polar surface area (TPSA) is 119 Å². The Labute approximate surface area is 237 Å². The quantitative estimate of drug-likeness (QED) is 0.173. The van der Waals surface area contributed by atoms with Crippen LogP contribution in [0.3, 0.4) is 0 Å². The number of nitro groups is 1. The van der Waals surface area contributed by atoms with Gasteiger partial charge in [-0.2, -0.15) is 0 Å². The number of carbonyl (C=O) groups is 2. The van der Waals surface area contributed by atoms with Crippen molar-refractivity contribution in [3.63, 3.8) is 0 Å². The van der Waals surface area contributed by atoms with Crippen LogP contribution < -0.4 is 4.90 Å². The fraction of sp³-hybridized carbons (Fsp3) is 0.419. The summed E-state index contributed by atoms with van der Waals surface area (Å²) in [5, 5.41) is 20.8. The van der Waals surface area contributed by atoms with Crippen molar-refractivity contribution in [2.24, 2.45) is 17.8 Å². The van der Waals surface area contributed by atoms with Crippen molar-refractivity contribution in [3.8, 4) is 5.75 Å². The number of aromatic hydroxyl groups is 1. The molecule has 41 heavy (non-hydrogen) atoms. The third kappa shape index (κ3) is 5.54. The number of halogens is 1. The molecular formula is C31H33FN2O7. The Morgan fingerprint density at radius 2 is 2.00 bits per heavy atom. The van der Waals surface area contributed by atoms with Crippen molar-refractivity contribution in [1.29, 1.82) is 0 Å². The minimum atomic E-state index is -0.669. The Kier molecular flexibility index (Phi) is 8.32. The second-order valence-corrected chi connectivity index (χ2v) is 10.8. The lowest BCUT2D eigenvalue weighted by Gasteiger charge is -2.31. The number of hydrogen-bond acceptors (Lipinski definition) is 7. The summed E-state index contributed by atoms with van der Waals surface area (Å²) in [6.07, 6.45) is 5.13. The maximum atomic E-state index is 13.9. The lowest BCUT2D eigenvalue weighted by atomic mass is 9.69. The highest BCUT2D eigenvalue weighted by atomic mass is 19.1. The molecule has 2 aromatic carbocycles. The zero-order chi connectivity index (χ0) is 29.3. The molecule has 3 aliphatic rings. The predicted octanol–water partition coefficient (Wildman–Crippen LogP) is 5.57. The molecular weight excluding hydrogens is 531 g/mol. The van der Waals surface area contributed by atoms with Crippen molar-refractivity contribution in [2.45, 2.75) is 45.1 Å². The first-order valence-electron chi connectivity index (χ1n) is 13.9. The van der Waals surface area contributed by atoms with E-state index in [0.29, 0.717) is 38.0 Å². The van der Waals surface area contributed by atoms with Crippen LogP contribution in [0.4, 0.5) is 15.8 Å². The van der Waals surface area contributed by atoms with Crippen LogP contribution in [-0.4, -0.2) is 48.3 Å². The molecule has 0 radical (unpaired) electrons. The Hall–Kier alpha value is -3.89. The fourth-order valence-electron chi connectivity index (χ4n) is 6.54. The molecule has 4 atom stereocenters. The van der Waals surface area contributed by atoms with Crippen molar-refractivity contribution >= 4 is 29.3 Å². The van der Waals surface area contributed by atoms with Gasteiger partial charge in [-0.05, 0) is 60.6 Å². The number of carbonyl (C=O) groups excluding carboxylic acids is 2. The van der Waals surface area contributed by atoms with Crippen LogP contribution in [0.25, 0.3) is 6.08 Å². The summed E-state index contributed by atoms with van der Waals surface area (Å²) in [5.74, 6) is -3.24. The van der Waals surface area contributed by atoms with E-state index in [1.807, 2.05) is 6.08 Å². The Bertz CT molecular complexity index is 1440. The second-order valence-electron chi connectivity index (χ2n) is 10.8. The Morgan fingerprint density at radius 3 is 2.71 bits per heavy atom. The molecule has 1 N–H and O–H groups in total. The van der Waals surface area contributed by atoms with Gasteiger partial charge in [0.15, 0.2) is 11.6 Å². The van der Waals surface area contributed by atoms with E-state index < -0.39 is 22.6 Å². The van der Waals surface area contributed by atoms with E-state index in [1.54, 1.807) is 19.2 Å². The van der Waals surface area contributed by atoms with Gasteiger partial charge in [0.25, 0.3) is 5.69 Å². The van der Waals surface area contributed by atoms with Crippen molar-refractivity contribution in [1.82, 2.24) is 0 Å². The molecule has 0 aromatic heterocycles. The van der Waals surface area contributed by atoms with Gasteiger partial charge in [0.2, 0.25) is 11.8 Å². The smallest absolute Gasteiger partial charge is 0.271 e. The van der Waals surface area contributed by atoms with Gasteiger partial charge in [0, 0.05) is 25.2 Å². The molecule has 9 nitrogen and oxygen atoms in total. The van der Waals surface area contributed by atoms with E-state index in [-0.39, 0.29) is 41.0 Å². The van der Waals surface area contributed by atoms with E-state index in [9.17, 15) is 29.2 Å². The molecule has 2 saturated heterocycles. The van der Waals surface area contributed by atoms with Gasteiger partial charge in [-0.1, -0.05) is 37.1 Å². The number of nitro benzene ring substituents is 1. The van der Waals surface area contributed by atoms with Gasteiger partial charge < -0.3 is 14.6 Å². The molecule has 0 unspecified atom stereocenters. The van der Waals surface area contributed by atoms with E-state index in [4.69, 9.17) is 9.47 Å². The van der Waals surface area contributed by atoms with E-state index >= 15 is 0 Å². The lowest BCUT2D eigenvalue weighted by molar-refractivity contribution is -0.384. The van der Waals surface area contributed by atoms with Gasteiger partial charge in [0.05, 0.1) is 41.8 Å². The summed E-state index contributed by atoms with van der Waals surface area (Å²) in [4.78, 5) is 39.1. The summed E-state index contributed by atoms with van der Waals surface area (Å²) in [6.45, 7) is 2.69. The number of benzene rings is 2. The first-order chi connectivity index (χ1) is 19.7. The highest BCUT2D eigenvalue weighted by molar-refractivity contribution is 6.22. The number of methoxy groups -OCH3 is 1. The number of anilines is 1. The van der Waals surface area contributed by atoms with E-state index in [2.05, 4.69) is 6.92 Å². The predicted molar refractivity (Wildman–Crippen MR) is 150 cm³/mol. The number of fused-ring (bicyclic) bond motifs is 3. The Morgan fingerprint density at radius 1 is 1.20 bits per heavy atom. The molecule has 0 bridgehead atoms. The largest absolute Gasteiger partial charge is 0.505 e. The maximum absolute atomic E-state index is 13.9. The second kappa shape index (κ2) is 11.9. The van der Waals surface area contributed by atoms with Crippen LogP contribution in [0.15, 0.2) is 59.2 Å². The number of rotatable bonds is 10. The van der Waals surface area contributed by atoms with Gasteiger partial charge in [-0.3, -0.25) is 19.7 Å². The van der Waals surface area contributed by atoms with E-state index in [1.165, 1.54) is 30.3 Å². The Balaban J connectivity index is 1.39. The third-order valence-corrected chi connectivity index (χ3v) is 8.27. The molecule has 0 saturated carbocycles. The summed E-state index contributed by atoms with van der Waals surface area (Å²) in [5.41, 5.74) is 3.79. The molecule has 0 spiro atoms.